The van der Waals surface area contributed by atoms with Crippen molar-refractivity contribution >= 4 is 27.9 Å². The molecular formula is C19H35BrO4. The van der Waals surface area contributed by atoms with Gasteiger partial charge >= 0.3 is 11.9 Å². The molecule has 142 valence electrons. The standard InChI is InChI=1S/C19H35BrO4/c1-9-15(20)10-13(3)16(18(22)24-19(5,6)7)11-12(2)14(4)17(21)23-8/h12-16H,9-11H2,1-8H3. The second-order valence-electron chi connectivity index (χ2n) is 7.88. The van der Waals surface area contributed by atoms with Gasteiger partial charge < -0.3 is 9.47 Å². The van der Waals surface area contributed by atoms with Crippen LogP contribution >= 0.6 is 15.9 Å². The number of methoxy groups -OCH3 is 1. The lowest BCUT2D eigenvalue weighted by atomic mass is 9.79. The molecule has 0 radical (unpaired) electrons. The molecule has 0 aromatic heterocycles. The van der Waals surface area contributed by atoms with Crippen LogP contribution in [-0.4, -0.2) is 29.5 Å². The van der Waals surface area contributed by atoms with Crippen molar-refractivity contribution in [3.05, 3.63) is 0 Å². The van der Waals surface area contributed by atoms with Crippen LogP contribution in [-0.2, 0) is 19.1 Å². The highest BCUT2D eigenvalue weighted by Gasteiger charge is 2.34. The van der Waals surface area contributed by atoms with E-state index in [2.05, 4.69) is 29.8 Å². The Morgan fingerprint density at radius 1 is 1.00 bits per heavy atom. The predicted molar refractivity (Wildman–Crippen MR) is 101 cm³/mol. The van der Waals surface area contributed by atoms with Crippen molar-refractivity contribution in [2.24, 2.45) is 23.7 Å². The third kappa shape index (κ3) is 8.50. The van der Waals surface area contributed by atoms with Crippen LogP contribution in [0.25, 0.3) is 0 Å². The molecular weight excluding hydrogens is 372 g/mol. The summed E-state index contributed by atoms with van der Waals surface area (Å²) in [6, 6.07) is 0. The van der Waals surface area contributed by atoms with Crippen LogP contribution in [0.15, 0.2) is 0 Å². The maximum absolute atomic E-state index is 12.7. The zero-order valence-electron chi connectivity index (χ0n) is 16.5. The molecule has 0 bridgehead atoms. The Hall–Kier alpha value is -0.580. The molecule has 5 heteroatoms. The number of rotatable bonds is 9. The number of ether oxygens (including phenoxy) is 2. The molecule has 5 unspecified atom stereocenters. The summed E-state index contributed by atoms with van der Waals surface area (Å²) in [5, 5.41) is 0. The van der Waals surface area contributed by atoms with Crippen LogP contribution in [0.2, 0.25) is 0 Å². The van der Waals surface area contributed by atoms with Gasteiger partial charge in [-0.1, -0.05) is 43.6 Å². The summed E-state index contributed by atoms with van der Waals surface area (Å²) in [7, 11) is 1.40. The molecule has 0 aliphatic rings. The number of carbonyl (C=O) groups is 2. The molecule has 0 aromatic rings. The lowest BCUT2D eigenvalue weighted by Crippen LogP contribution is -2.35. The molecule has 0 spiro atoms. The number of halogens is 1. The van der Waals surface area contributed by atoms with Crippen molar-refractivity contribution < 1.29 is 19.1 Å². The molecule has 0 amide bonds. The van der Waals surface area contributed by atoms with E-state index < -0.39 is 5.60 Å². The maximum Gasteiger partial charge on any atom is 0.309 e. The fourth-order valence-electron chi connectivity index (χ4n) is 2.70. The van der Waals surface area contributed by atoms with Gasteiger partial charge in [0.25, 0.3) is 0 Å². The summed E-state index contributed by atoms with van der Waals surface area (Å²) >= 11 is 3.66. The van der Waals surface area contributed by atoms with E-state index in [9.17, 15) is 9.59 Å². The van der Waals surface area contributed by atoms with Crippen molar-refractivity contribution in [3.8, 4) is 0 Å². The van der Waals surface area contributed by atoms with E-state index in [1.807, 2.05) is 34.6 Å². The van der Waals surface area contributed by atoms with Gasteiger partial charge in [0.05, 0.1) is 18.9 Å². The molecule has 0 aliphatic carbocycles. The Balaban J connectivity index is 5.17. The Morgan fingerprint density at radius 2 is 1.54 bits per heavy atom. The van der Waals surface area contributed by atoms with E-state index in [0.717, 1.165) is 12.8 Å². The largest absolute Gasteiger partial charge is 0.469 e. The third-order valence-corrected chi connectivity index (χ3v) is 5.54. The monoisotopic (exact) mass is 406 g/mol. The minimum atomic E-state index is -0.509. The van der Waals surface area contributed by atoms with Crippen LogP contribution in [0.1, 0.15) is 67.7 Å². The van der Waals surface area contributed by atoms with Crippen molar-refractivity contribution in [3.63, 3.8) is 0 Å². The minimum absolute atomic E-state index is 0.0489. The molecule has 0 heterocycles. The molecule has 0 rings (SSSR count). The summed E-state index contributed by atoms with van der Waals surface area (Å²) in [6.45, 7) is 13.7. The average Bonchev–Trinajstić information content (AvgIpc) is 2.48. The van der Waals surface area contributed by atoms with Gasteiger partial charge in [0.15, 0.2) is 0 Å². The molecule has 0 saturated carbocycles. The van der Waals surface area contributed by atoms with Crippen LogP contribution in [0.5, 0.6) is 0 Å². The van der Waals surface area contributed by atoms with Crippen LogP contribution in [0.4, 0.5) is 0 Å². The molecule has 0 N–H and O–H groups in total. The van der Waals surface area contributed by atoms with Gasteiger partial charge in [-0.3, -0.25) is 9.59 Å². The van der Waals surface area contributed by atoms with E-state index in [0.29, 0.717) is 11.2 Å². The second-order valence-corrected chi connectivity index (χ2v) is 9.18. The topological polar surface area (TPSA) is 52.6 Å². The molecule has 0 aromatic carbocycles. The van der Waals surface area contributed by atoms with Crippen molar-refractivity contribution in [1.82, 2.24) is 0 Å². The van der Waals surface area contributed by atoms with Gasteiger partial charge in [-0.2, -0.15) is 0 Å². The van der Waals surface area contributed by atoms with Crippen LogP contribution < -0.4 is 0 Å². The Kier molecular flexibility index (Phi) is 10.2. The lowest BCUT2D eigenvalue weighted by Gasteiger charge is -2.31. The summed E-state index contributed by atoms with van der Waals surface area (Å²) in [5.74, 6) is -0.639. The molecule has 0 saturated heterocycles. The van der Waals surface area contributed by atoms with Crippen molar-refractivity contribution in [1.29, 1.82) is 0 Å². The maximum atomic E-state index is 12.7. The first kappa shape index (κ1) is 23.4. The first-order valence-electron chi connectivity index (χ1n) is 8.87. The van der Waals surface area contributed by atoms with E-state index >= 15 is 0 Å². The van der Waals surface area contributed by atoms with Gasteiger partial charge in [-0.05, 0) is 51.9 Å². The van der Waals surface area contributed by atoms with Crippen LogP contribution in [0.3, 0.4) is 0 Å². The number of hydrogen-bond donors (Lipinski definition) is 0. The number of alkyl halides is 1. The van der Waals surface area contributed by atoms with Gasteiger partial charge in [0.2, 0.25) is 0 Å². The molecule has 5 atom stereocenters. The smallest absolute Gasteiger partial charge is 0.309 e. The highest BCUT2D eigenvalue weighted by molar-refractivity contribution is 9.09. The zero-order chi connectivity index (χ0) is 19.1. The summed E-state index contributed by atoms with van der Waals surface area (Å²) in [4.78, 5) is 24.9. The van der Waals surface area contributed by atoms with E-state index in [-0.39, 0.29) is 35.6 Å². The van der Waals surface area contributed by atoms with Gasteiger partial charge in [-0.15, -0.1) is 0 Å². The van der Waals surface area contributed by atoms with Crippen molar-refractivity contribution in [2.45, 2.75) is 78.2 Å². The van der Waals surface area contributed by atoms with Crippen molar-refractivity contribution in [2.75, 3.05) is 7.11 Å². The summed E-state index contributed by atoms with van der Waals surface area (Å²) < 4.78 is 10.5. The third-order valence-electron chi connectivity index (χ3n) is 4.52. The normalized spacial score (nSPS) is 18.2. The fraction of sp³-hybridized carbons (Fsp3) is 0.895. The lowest BCUT2D eigenvalue weighted by molar-refractivity contribution is -0.163. The molecule has 0 aliphatic heterocycles. The fourth-order valence-corrected chi connectivity index (χ4v) is 3.29. The quantitative estimate of drug-likeness (QED) is 0.400. The van der Waals surface area contributed by atoms with E-state index in [4.69, 9.17) is 9.47 Å². The number of esters is 2. The predicted octanol–water partition coefficient (Wildman–Crippen LogP) is 4.98. The SMILES string of the molecule is CCC(Br)CC(C)C(CC(C)C(C)C(=O)OC)C(=O)OC(C)(C)C. The Bertz CT molecular complexity index is 403. The van der Waals surface area contributed by atoms with E-state index in [1.54, 1.807) is 0 Å². The van der Waals surface area contributed by atoms with Gasteiger partial charge in [-0.25, -0.2) is 0 Å². The highest BCUT2D eigenvalue weighted by atomic mass is 79.9. The molecule has 4 nitrogen and oxygen atoms in total. The summed E-state index contributed by atoms with van der Waals surface area (Å²) in [5.41, 5.74) is -0.509. The van der Waals surface area contributed by atoms with Gasteiger partial charge in [0, 0.05) is 4.83 Å². The Morgan fingerprint density at radius 3 is 1.96 bits per heavy atom. The first-order valence-corrected chi connectivity index (χ1v) is 9.79. The minimum Gasteiger partial charge on any atom is -0.469 e. The summed E-state index contributed by atoms with van der Waals surface area (Å²) in [6.07, 6.45) is 2.54. The first-order chi connectivity index (χ1) is 10.9. The number of carbonyl (C=O) groups excluding carboxylic acids is 2. The molecule has 0 fully saturated rings. The Labute approximate surface area is 156 Å². The second kappa shape index (κ2) is 10.4. The van der Waals surface area contributed by atoms with E-state index in [1.165, 1.54) is 7.11 Å². The zero-order valence-corrected chi connectivity index (χ0v) is 18.1. The highest BCUT2D eigenvalue weighted by Crippen LogP contribution is 2.32. The molecule has 24 heavy (non-hydrogen) atoms. The number of hydrogen-bond acceptors (Lipinski definition) is 4. The van der Waals surface area contributed by atoms with Crippen LogP contribution in [0, 0.1) is 23.7 Å². The van der Waals surface area contributed by atoms with Gasteiger partial charge in [0.1, 0.15) is 5.60 Å². The average molecular weight is 407 g/mol.